The Morgan fingerprint density at radius 1 is 0.857 bits per heavy atom. The Labute approximate surface area is 171 Å². The summed E-state index contributed by atoms with van der Waals surface area (Å²) < 4.78 is 1.34. The molecule has 0 unspecified atom stereocenters. The zero-order valence-corrected chi connectivity index (χ0v) is 18.4. The van der Waals surface area contributed by atoms with E-state index in [-0.39, 0.29) is 11.8 Å². The molecule has 4 rings (SSSR count). The van der Waals surface area contributed by atoms with Gasteiger partial charge >= 0.3 is 0 Å². The van der Waals surface area contributed by atoms with E-state index in [9.17, 15) is 5.11 Å². The molecule has 0 atom stereocenters. The fourth-order valence-corrected chi connectivity index (χ4v) is 5.32. The molecule has 1 nitrogen and oxygen atoms in total. The molecule has 4 aromatic rings. The second-order valence-corrected chi connectivity index (χ2v) is 9.70. The van der Waals surface area contributed by atoms with Gasteiger partial charge in [-0.05, 0) is 82.5 Å². The molecule has 0 amide bonds. The molecule has 0 saturated carbocycles. The number of aromatic hydroxyl groups is 1. The number of phenols is 1. The van der Waals surface area contributed by atoms with Crippen molar-refractivity contribution in [2.45, 2.75) is 53.4 Å². The first-order valence-corrected chi connectivity index (χ1v) is 10.9. The van der Waals surface area contributed by atoms with Crippen molar-refractivity contribution in [3.8, 4) is 16.9 Å². The summed E-state index contributed by atoms with van der Waals surface area (Å²) >= 11 is 1.88. The van der Waals surface area contributed by atoms with Gasteiger partial charge in [-0.1, -0.05) is 52.0 Å². The van der Waals surface area contributed by atoms with Gasteiger partial charge in [-0.15, -0.1) is 11.3 Å². The Morgan fingerprint density at radius 2 is 1.46 bits per heavy atom. The minimum atomic E-state index is 0.272. The SMILES string of the molecule is Cc1sc2cc3ccccc3c(-c3cc(C(C)C)c(O)c(C(C)C)c3)c2c1C. The smallest absolute Gasteiger partial charge is 0.122 e. The molecule has 0 aliphatic carbocycles. The summed E-state index contributed by atoms with van der Waals surface area (Å²) in [6, 6.07) is 15.4. The predicted octanol–water partition coefficient (Wildman–Crippen LogP) is 8.29. The number of phenolic OH excluding ortho intramolecular Hbond substituents is 1. The average Bonchev–Trinajstić information content (AvgIpc) is 2.93. The summed E-state index contributed by atoms with van der Waals surface area (Å²) in [5.41, 5.74) is 5.96. The quantitative estimate of drug-likeness (QED) is 0.374. The lowest BCUT2D eigenvalue weighted by molar-refractivity contribution is 0.454. The van der Waals surface area contributed by atoms with Gasteiger partial charge in [0.1, 0.15) is 5.75 Å². The summed E-state index contributed by atoms with van der Waals surface area (Å²) in [5.74, 6) is 1.00. The van der Waals surface area contributed by atoms with Crippen molar-refractivity contribution in [2.75, 3.05) is 0 Å². The van der Waals surface area contributed by atoms with Crippen molar-refractivity contribution < 1.29 is 5.11 Å². The number of fused-ring (bicyclic) bond motifs is 2. The van der Waals surface area contributed by atoms with Gasteiger partial charge in [-0.3, -0.25) is 0 Å². The summed E-state index contributed by atoms with van der Waals surface area (Å²) in [7, 11) is 0. The van der Waals surface area contributed by atoms with Crippen LogP contribution in [0.2, 0.25) is 0 Å². The van der Waals surface area contributed by atoms with Crippen LogP contribution in [0.15, 0.2) is 42.5 Å². The maximum Gasteiger partial charge on any atom is 0.122 e. The van der Waals surface area contributed by atoms with Gasteiger partial charge in [0, 0.05) is 15.0 Å². The van der Waals surface area contributed by atoms with Gasteiger partial charge in [-0.2, -0.15) is 0 Å². The van der Waals surface area contributed by atoms with Gasteiger partial charge < -0.3 is 5.11 Å². The fourth-order valence-electron chi connectivity index (χ4n) is 4.20. The lowest BCUT2D eigenvalue weighted by Gasteiger charge is -2.19. The maximum atomic E-state index is 10.9. The van der Waals surface area contributed by atoms with Crippen molar-refractivity contribution in [3.05, 3.63) is 64.0 Å². The molecule has 0 spiro atoms. The van der Waals surface area contributed by atoms with Crippen LogP contribution in [-0.4, -0.2) is 5.11 Å². The Kier molecular flexibility index (Phi) is 4.71. The Bertz CT molecular complexity index is 1170. The molecule has 0 saturated heterocycles. The van der Waals surface area contributed by atoms with Crippen LogP contribution in [0.5, 0.6) is 5.75 Å². The molecule has 2 heteroatoms. The van der Waals surface area contributed by atoms with E-state index in [0.717, 1.165) is 11.1 Å². The normalized spacial score (nSPS) is 12.0. The lowest BCUT2D eigenvalue weighted by Crippen LogP contribution is -1.97. The number of hydrogen-bond acceptors (Lipinski definition) is 2. The highest BCUT2D eigenvalue weighted by atomic mass is 32.1. The van der Waals surface area contributed by atoms with E-state index in [0.29, 0.717) is 5.75 Å². The standard InChI is InChI=1S/C26H28OS/c1-14(2)21-11-19(12-22(15(3)4)26(21)27)25-20-10-8-7-9-18(20)13-23-24(25)16(5)17(6)28-23/h7-15,27H,1-6H3. The van der Waals surface area contributed by atoms with Gasteiger partial charge in [-0.25, -0.2) is 0 Å². The van der Waals surface area contributed by atoms with Crippen molar-refractivity contribution in [2.24, 2.45) is 0 Å². The molecule has 0 bridgehead atoms. The highest BCUT2D eigenvalue weighted by Gasteiger charge is 2.20. The Hall–Kier alpha value is -2.32. The first-order chi connectivity index (χ1) is 13.3. The Balaban J connectivity index is 2.19. The molecule has 28 heavy (non-hydrogen) atoms. The van der Waals surface area contributed by atoms with Crippen LogP contribution in [0.4, 0.5) is 0 Å². The second-order valence-electron chi connectivity index (χ2n) is 8.44. The Morgan fingerprint density at radius 3 is 2.07 bits per heavy atom. The third-order valence-electron chi connectivity index (χ3n) is 5.88. The zero-order chi connectivity index (χ0) is 20.2. The van der Waals surface area contributed by atoms with Crippen LogP contribution in [0, 0.1) is 13.8 Å². The topological polar surface area (TPSA) is 20.2 Å². The lowest BCUT2D eigenvalue weighted by atomic mass is 9.86. The van der Waals surface area contributed by atoms with E-state index in [2.05, 4.69) is 84.0 Å². The van der Waals surface area contributed by atoms with Gasteiger partial charge in [0.25, 0.3) is 0 Å². The highest BCUT2D eigenvalue weighted by molar-refractivity contribution is 7.19. The van der Waals surface area contributed by atoms with Crippen LogP contribution < -0.4 is 0 Å². The molecular weight excluding hydrogens is 360 g/mol. The molecule has 0 radical (unpaired) electrons. The molecule has 1 aromatic heterocycles. The van der Waals surface area contributed by atoms with Crippen molar-refractivity contribution in [1.82, 2.24) is 0 Å². The molecule has 3 aromatic carbocycles. The molecule has 0 fully saturated rings. The molecule has 0 aliphatic rings. The molecule has 144 valence electrons. The fraction of sp³-hybridized carbons (Fsp3) is 0.308. The number of aryl methyl sites for hydroxylation is 2. The molecule has 1 heterocycles. The first-order valence-electron chi connectivity index (χ1n) is 10.1. The van der Waals surface area contributed by atoms with E-state index in [4.69, 9.17) is 0 Å². The van der Waals surface area contributed by atoms with E-state index in [1.165, 1.54) is 42.4 Å². The number of thiophene rings is 1. The maximum absolute atomic E-state index is 10.9. The van der Waals surface area contributed by atoms with Crippen LogP contribution in [0.1, 0.15) is 61.1 Å². The first kappa shape index (κ1) is 19.0. The number of benzene rings is 3. The third kappa shape index (κ3) is 2.91. The summed E-state index contributed by atoms with van der Waals surface area (Å²) in [4.78, 5) is 1.37. The van der Waals surface area contributed by atoms with Gasteiger partial charge in [0.15, 0.2) is 0 Å². The second kappa shape index (κ2) is 6.93. The summed E-state index contributed by atoms with van der Waals surface area (Å²) in [5, 5.41) is 14.8. The van der Waals surface area contributed by atoms with Crippen LogP contribution in [0.25, 0.3) is 32.0 Å². The molecular formula is C26H28OS. The monoisotopic (exact) mass is 388 g/mol. The van der Waals surface area contributed by atoms with E-state index >= 15 is 0 Å². The molecule has 0 aliphatic heterocycles. The van der Waals surface area contributed by atoms with E-state index < -0.39 is 0 Å². The average molecular weight is 389 g/mol. The molecule has 1 N–H and O–H groups in total. The third-order valence-corrected chi connectivity index (χ3v) is 7.04. The predicted molar refractivity (Wildman–Crippen MR) is 124 cm³/mol. The van der Waals surface area contributed by atoms with E-state index in [1.807, 2.05) is 11.3 Å². The van der Waals surface area contributed by atoms with Crippen molar-refractivity contribution in [1.29, 1.82) is 0 Å². The van der Waals surface area contributed by atoms with E-state index in [1.54, 1.807) is 0 Å². The summed E-state index contributed by atoms with van der Waals surface area (Å²) in [6.45, 7) is 13.1. The van der Waals surface area contributed by atoms with Gasteiger partial charge in [0.2, 0.25) is 0 Å². The summed E-state index contributed by atoms with van der Waals surface area (Å²) in [6.07, 6.45) is 0. The minimum absolute atomic E-state index is 0.272. The largest absolute Gasteiger partial charge is 0.507 e. The highest BCUT2D eigenvalue weighted by Crippen LogP contribution is 2.45. The van der Waals surface area contributed by atoms with Crippen LogP contribution in [-0.2, 0) is 0 Å². The number of rotatable bonds is 3. The van der Waals surface area contributed by atoms with Crippen molar-refractivity contribution in [3.63, 3.8) is 0 Å². The zero-order valence-electron chi connectivity index (χ0n) is 17.6. The van der Waals surface area contributed by atoms with Crippen LogP contribution >= 0.6 is 11.3 Å². The minimum Gasteiger partial charge on any atom is -0.507 e. The van der Waals surface area contributed by atoms with Crippen molar-refractivity contribution >= 4 is 32.2 Å². The number of hydrogen-bond donors (Lipinski definition) is 1. The van der Waals surface area contributed by atoms with Crippen LogP contribution in [0.3, 0.4) is 0 Å². The van der Waals surface area contributed by atoms with Gasteiger partial charge in [0.05, 0.1) is 0 Å².